The lowest BCUT2D eigenvalue weighted by molar-refractivity contribution is 0.563. The highest BCUT2D eigenvalue weighted by Crippen LogP contribution is 2.25. The molecule has 0 aliphatic heterocycles. The van der Waals surface area contributed by atoms with Crippen molar-refractivity contribution in [2.24, 2.45) is 0 Å². The van der Waals surface area contributed by atoms with E-state index in [1.807, 2.05) is 5.51 Å². The van der Waals surface area contributed by atoms with Gasteiger partial charge in [-0.3, -0.25) is 0 Å². The SMILES string of the molecule is CCNCC(CCc1scnc1C)c1ccc(Br)cc1. The van der Waals surface area contributed by atoms with Gasteiger partial charge in [0.05, 0.1) is 11.2 Å². The van der Waals surface area contributed by atoms with E-state index in [0.29, 0.717) is 5.92 Å². The van der Waals surface area contributed by atoms with Crippen molar-refractivity contribution >= 4 is 27.3 Å². The maximum absolute atomic E-state index is 4.34. The van der Waals surface area contributed by atoms with E-state index in [9.17, 15) is 0 Å². The highest BCUT2D eigenvalue weighted by Gasteiger charge is 2.12. The standard InChI is InChI=1S/C16H21BrN2S/c1-3-18-10-14(13-4-7-15(17)8-5-13)6-9-16-12(2)19-11-20-16/h4-5,7-8,11,14,18H,3,6,9-10H2,1-2H3. The van der Waals surface area contributed by atoms with Gasteiger partial charge in [0.2, 0.25) is 0 Å². The van der Waals surface area contributed by atoms with Crippen LogP contribution in [0.25, 0.3) is 0 Å². The van der Waals surface area contributed by atoms with Gasteiger partial charge < -0.3 is 5.32 Å². The summed E-state index contributed by atoms with van der Waals surface area (Å²) >= 11 is 5.28. The molecule has 1 aromatic heterocycles. The fourth-order valence-corrected chi connectivity index (χ4v) is 3.37. The Labute approximate surface area is 133 Å². The quantitative estimate of drug-likeness (QED) is 0.791. The second-order valence-electron chi connectivity index (χ2n) is 4.96. The summed E-state index contributed by atoms with van der Waals surface area (Å²) in [6.45, 7) is 6.32. The molecule has 1 atom stereocenters. The molecular formula is C16H21BrN2S. The Morgan fingerprint density at radius 3 is 2.65 bits per heavy atom. The molecule has 0 amide bonds. The lowest BCUT2D eigenvalue weighted by Crippen LogP contribution is -2.21. The molecule has 1 unspecified atom stereocenters. The summed E-state index contributed by atoms with van der Waals surface area (Å²) in [5.74, 6) is 0.560. The second kappa shape index (κ2) is 7.91. The first kappa shape index (κ1) is 15.7. The minimum Gasteiger partial charge on any atom is -0.316 e. The Balaban J connectivity index is 2.03. The van der Waals surface area contributed by atoms with Crippen LogP contribution in [-0.2, 0) is 6.42 Å². The Bertz CT molecular complexity index is 522. The predicted molar refractivity (Wildman–Crippen MR) is 90.6 cm³/mol. The number of hydrogen-bond acceptors (Lipinski definition) is 3. The van der Waals surface area contributed by atoms with E-state index in [1.165, 1.54) is 16.1 Å². The molecule has 0 radical (unpaired) electrons. The topological polar surface area (TPSA) is 24.9 Å². The van der Waals surface area contributed by atoms with Crippen molar-refractivity contribution in [2.45, 2.75) is 32.6 Å². The molecule has 108 valence electrons. The van der Waals surface area contributed by atoms with E-state index >= 15 is 0 Å². The molecule has 20 heavy (non-hydrogen) atoms. The highest BCUT2D eigenvalue weighted by atomic mass is 79.9. The molecule has 2 rings (SSSR count). The lowest BCUT2D eigenvalue weighted by atomic mass is 9.93. The number of aromatic nitrogens is 1. The van der Waals surface area contributed by atoms with Gasteiger partial charge in [-0.15, -0.1) is 11.3 Å². The van der Waals surface area contributed by atoms with Gasteiger partial charge in [-0.1, -0.05) is 35.0 Å². The summed E-state index contributed by atoms with van der Waals surface area (Å²) in [7, 11) is 0. The first-order valence-electron chi connectivity index (χ1n) is 7.05. The zero-order valence-electron chi connectivity index (χ0n) is 12.0. The molecule has 4 heteroatoms. The third-order valence-corrected chi connectivity index (χ3v) is 5.07. The Morgan fingerprint density at radius 1 is 1.30 bits per heavy atom. The average molecular weight is 353 g/mol. The largest absolute Gasteiger partial charge is 0.316 e. The normalized spacial score (nSPS) is 12.6. The third kappa shape index (κ3) is 4.40. The van der Waals surface area contributed by atoms with Crippen molar-refractivity contribution in [1.82, 2.24) is 10.3 Å². The smallest absolute Gasteiger partial charge is 0.0797 e. The van der Waals surface area contributed by atoms with Crippen LogP contribution in [0.4, 0.5) is 0 Å². The van der Waals surface area contributed by atoms with Gasteiger partial charge in [-0.2, -0.15) is 0 Å². The van der Waals surface area contributed by atoms with Crippen LogP contribution in [0, 0.1) is 6.92 Å². The van der Waals surface area contributed by atoms with E-state index in [1.54, 1.807) is 11.3 Å². The Morgan fingerprint density at radius 2 is 2.05 bits per heavy atom. The van der Waals surface area contributed by atoms with Crippen LogP contribution in [0.15, 0.2) is 34.2 Å². The van der Waals surface area contributed by atoms with Crippen molar-refractivity contribution in [3.63, 3.8) is 0 Å². The number of rotatable bonds is 7. The van der Waals surface area contributed by atoms with E-state index < -0.39 is 0 Å². The average Bonchev–Trinajstić information content (AvgIpc) is 2.86. The molecule has 0 saturated carbocycles. The first-order valence-corrected chi connectivity index (χ1v) is 8.73. The summed E-state index contributed by atoms with van der Waals surface area (Å²) in [5, 5.41) is 3.48. The minimum atomic E-state index is 0.560. The maximum Gasteiger partial charge on any atom is 0.0797 e. The first-order chi connectivity index (χ1) is 9.70. The predicted octanol–water partition coefficient (Wildman–Crippen LogP) is 4.54. The number of halogens is 1. The van der Waals surface area contributed by atoms with Crippen molar-refractivity contribution in [3.8, 4) is 0 Å². The van der Waals surface area contributed by atoms with E-state index in [2.05, 4.69) is 64.3 Å². The molecular weight excluding hydrogens is 332 g/mol. The molecule has 2 nitrogen and oxygen atoms in total. The molecule has 1 N–H and O–H groups in total. The van der Waals surface area contributed by atoms with Gasteiger partial charge in [0, 0.05) is 15.9 Å². The molecule has 1 aromatic carbocycles. The molecule has 0 aliphatic carbocycles. The van der Waals surface area contributed by atoms with Crippen molar-refractivity contribution in [1.29, 1.82) is 0 Å². The zero-order valence-corrected chi connectivity index (χ0v) is 14.4. The minimum absolute atomic E-state index is 0.560. The van der Waals surface area contributed by atoms with Crippen LogP contribution in [0.3, 0.4) is 0 Å². The summed E-state index contributed by atoms with van der Waals surface area (Å²) < 4.78 is 1.14. The van der Waals surface area contributed by atoms with E-state index in [-0.39, 0.29) is 0 Å². The van der Waals surface area contributed by atoms with Gasteiger partial charge in [0.25, 0.3) is 0 Å². The molecule has 0 fully saturated rings. The number of benzene rings is 1. The molecule has 2 aromatic rings. The highest BCUT2D eigenvalue weighted by molar-refractivity contribution is 9.10. The van der Waals surface area contributed by atoms with Crippen molar-refractivity contribution < 1.29 is 0 Å². The van der Waals surface area contributed by atoms with Gasteiger partial charge in [0.1, 0.15) is 0 Å². The number of nitrogens with zero attached hydrogens (tertiary/aromatic N) is 1. The van der Waals surface area contributed by atoms with E-state index in [4.69, 9.17) is 0 Å². The van der Waals surface area contributed by atoms with Crippen molar-refractivity contribution in [2.75, 3.05) is 13.1 Å². The van der Waals surface area contributed by atoms with Crippen molar-refractivity contribution in [3.05, 3.63) is 50.4 Å². The van der Waals surface area contributed by atoms with Gasteiger partial charge >= 0.3 is 0 Å². The summed E-state index contributed by atoms with van der Waals surface area (Å²) in [4.78, 5) is 5.76. The van der Waals surface area contributed by atoms with Crippen LogP contribution in [0.5, 0.6) is 0 Å². The summed E-state index contributed by atoms with van der Waals surface area (Å²) in [5.41, 5.74) is 4.55. The zero-order chi connectivity index (χ0) is 14.4. The number of aryl methyl sites for hydroxylation is 2. The summed E-state index contributed by atoms with van der Waals surface area (Å²) in [6.07, 6.45) is 2.28. The molecule has 0 aliphatic rings. The third-order valence-electron chi connectivity index (χ3n) is 3.55. The Kier molecular flexibility index (Phi) is 6.20. The number of hydrogen-bond donors (Lipinski definition) is 1. The monoisotopic (exact) mass is 352 g/mol. The fourth-order valence-electron chi connectivity index (χ4n) is 2.31. The van der Waals surface area contributed by atoms with Crippen LogP contribution in [0.1, 0.15) is 35.4 Å². The molecule has 0 bridgehead atoms. The fraction of sp³-hybridized carbons (Fsp3) is 0.438. The van der Waals surface area contributed by atoms with Crippen LogP contribution >= 0.6 is 27.3 Å². The second-order valence-corrected chi connectivity index (χ2v) is 6.81. The van der Waals surface area contributed by atoms with Gasteiger partial charge in [-0.25, -0.2) is 4.98 Å². The van der Waals surface area contributed by atoms with Gasteiger partial charge in [-0.05, 0) is 49.9 Å². The number of thiazole rings is 1. The molecule has 0 spiro atoms. The summed E-state index contributed by atoms with van der Waals surface area (Å²) in [6, 6.07) is 8.72. The maximum atomic E-state index is 4.34. The van der Waals surface area contributed by atoms with Crippen LogP contribution < -0.4 is 5.32 Å². The van der Waals surface area contributed by atoms with Gasteiger partial charge in [0.15, 0.2) is 0 Å². The molecule has 1 heterocycles. The Hall–Kier alpha value is -0.710. The lowest BCUT2D eigenvalue weighted by Gasteiger charge is -2.18. The number of nitrogens with one attached hydrogen (secondary N) is 1. The van der Waals surface area contributed by atoms with Crippen LogP contribution in [-0.4, -0.2) is 18.1 Å². The van der Waals surface area contributed by atoms with Crippen LogP contribution in [0.2, 0.25) is 0 Å². The number of likely N-dealkylation sites (N-methyl/N-ethyl adjacent to an activating group) is 1. The van der Waals surface area contributed by atoms with E-state index in [0.717, 1.165) is 30.4 Å². The molecule has 0 saturated heterocycles.